The third-order valence-electron chi connectivity index (χ3n) is 4.92. The van der Waals surface area contributed by atoms with Gasteiger partial charge in [-0.25, -0.2) is 9.67 Å². The third kappa shape index (κ3) is 5.50. The fourth-order valence-corrected chi connectivity index (χ4v) is 3.09. The summed E-state index contributed by atoms with van der Waals surface area (Å²) < 4.78 is 1.72. The molecule has 0 aliphatic heterocycles. The average molecular weight is 377 g/mol. The zero-order valence-corrected chi connectivity index (χ0v) is 16.5. The summed E-state index contributed by atoms with van der Waals surface area (Å²) in [4.78, 5) is 18.3. The predicted octanol–water partition coefficient (Wildman–Crippen LogP) is 3.01. The maximum Gasteiger partial charge on any atom is 0.234 e. The molecular weight excluding hydrogens is 350 g/mol. The summed E-state index contributed by atoms with van der Waals surface area (Å²) in [6, 6.07) is 18.6. The topological polar surface area (TPSA) is 63.1 Å². The van der Waals surface area contributed by atoms with Crippen LogP contribution in [0.5, 0.6) is 0 Å². The summed E-state index contributed by atoms with van der Waals surface area (Å²) in [5.41, 5.74) is 3.42. The number of nitrogens with one attached hydrogen (secondary N) is 1. The summed E-state index contributed by atoms with van der Waals surface area (Å²) in [6.45, 7) is 3.17. The van der Waals surface area contributed by atoms with Crippen molar-refractivity contribution in [3.05, 3.63) is 78.4 Å². The molecule has 6 heteroatoms. The highest BCUT2D eigenvalue weighted by Crippen LogP contribution is 2.19. The summed E-state index contributed by atoms with van der Waals surface area (Å²) >= 11 is 0. The second-order valence-corrected chi connectivity index (χ2v) is 6.96. The van der Waals surface area contributed by atoms with Gasteiger partial charge in [-0.2, -0.15) is 5.10 Å². The Morgan fingerprint density at radius 1 is 1.14 bits per heavy atom. The molecule has 146 valence electrons. The fourth-order valence-electron chi connectivity index (χ4n) is 3.09. The standard InChI is InChI=1S/C22H27N5O/c1-18(20-10-12-21(13-11-20)27-17-23-16-25-27)26(2)15-22(28)24-14-6-9-19-7-4-3-5-8-19/h3-5,7-8,10-13,16-18H,6,9,14-15H2,1-2H3,(H,24,28). The van der Waals surface area contributed by atoms with Crippen molar-refractivity contribution in [2.75, 3.05) is 20.1 Å². The van der Waals surface area contributed by atoms with Crippen molar-refractivity contribution >= 4 is 5.91 Å². The van der Waals surface area contributed by atoms with Crippen LogP contribution in [0.15, 0.2) is 67.3 Å². The molecule has 1 atom stereocenters. The molecule has 3 aromatic rings. The van der Waals surface area contributed by atoms with Crippen LogP contribution in [-0.4, -0.2) is 45.7 Å². The number of amides is 1. The molecule has 0 fully saturated rings. The largest absolute Gasteiger partial charge is 0.355 e. The van der Waals surface area contributed by atoms with Crippen LogP contribution < -0.4 is 5.32 Å². The van der Waals surface area contributed by atoms with Gasteiger partial charge in [-0.3, -0.25) is 9.69 Å². The SMILES string of the molecule is CC(c1ccc(-n2cncn2)cc1)N(C)CC(=O)NCCCc1ccccc1. The monoisotopic (exact) mass is 377 g/mol. The van der Waals surface area contributed by atoms with Crippen LogP contribution in [-0.2, 0) is 11.2 Å². The smallest absolute Gasteiger partial charge is 0.234 e. The first-order chi connectivity index (χ1) is 13.6. The van der Waals surface area contributed by atoms with Gasteiger partial charge in [0.1, 0.15) is 12.7 Å². The number of aromatic nitrogens is 3. The summed E-state index contributed by atoms with van der Waals surface area (Å²) in [5, 5.41) is 7.15. The lowest BCUT2D eigenvalue weighted by Crippen LogP contribution is -2.36. The highest BCUT2D eigenvalue weighted by atomic mass is 16.2. The molecule has 6 nitrogen and oxygen atoms in total. The minimum Gasteiger partial charge on any atom is -0.355 e. The average Bonchev–Trinajstić information content (AvgIpc) is 3.26. The van der Waals surface area contributed by atoms with E-state index in [1.165, 1.54) is 11.9 Å². The molecule has 0 aliphatic carbocycles. The van der Waals surface area contributed by atoms with E-state index >= 15 is 0 Å². The predicted molar refractivity (Wildman–Crippen MR) is 110 cm³/mol. The number of benzene rings is 2. The normalized spacial score (nSPS) is 12.1. The van der Waals surface area contributed by atoms with Gasteiger partial charge in [0.2, 0.25) is 5.91 Å². The van der Waals surface area contributed by atoms with Crippen LogP contribution in [0.4, 0.5) is 0 Å². The number of aryl methyl sites for hydroxylation is 1. The molecule has 3 rings (SSSR count). The maximum atomic E-state index is 12.2. The summed E-state index contributed by atoms with van der Waals surface area (Å²) in [7, 11) is 1.97. The van der Waals surface area contributed by atoms with Crippen molar-refractivity contribution < 1.29 is 4.79 Å². The van der Waals surface area contributed by atoms with Gasteiger partial charge in [0.15, 0.2) is 0 Å². The second-order valence-electron chi connectivity index (χ2n) is 6.96. The van der Waals surface area contributed by atoms with Crippen molar-refractivity contribution in [2.24, 2.45) is 0 Å². The van der Waals surface area contributed by atoms with Gasteiger partial charge >= 0.3 is 0 Å². The number of hydrogen-bond acceptors (Lipinski definition) is 4. The van der Waals surface area contributed by atoms with E-state index in [-0.39, 0.29) is 11.9 Å². The molecule has 0 aliphatic rings. The zero-order valence-electron chi connectivity index (χ0n) is 16.5. The molecule has 2 aromatic carbocycles. The van der Waals surface area contributed by atoms with E-state index in [1.807, 2.05) is 37.4 Å². The van der Waals surface area contributed by atoms with Crippen LogP contribution in [0.2, 0.25) is 0 Å². The first kappa shape index (κ1) is 19.8. The van der Waals surface area contributed by atoms with Crippen LogP contribution in [0.1, 0.15) is 30.5 Å². The van der Waals surface area contributed by atoms with Gasteiger partial charge in [-0.15, -0.1) is 0 Å². The van der Waals surface area contributed by atoms with Gasteiger partial charge in [0, 0.05) is 12.6 Å². The number of carbonyl (C=O) groups is 1. The van der Waals surface area contributed by atoms with Crippen LogP contribution in [0.25, 0.3) is 5.69 Å². The number of rotatable bonds is 9. The molecule has 0 bridgehead atoms. The van der Waals surface area contributed by atoms with Crippen LogP contribution >= 0.6 is 0 Å². The van der Waals surface area contributed by atoms with E-state index in [9.17, 15) is 4.79 Å². The van der Waals surface area contributed by atoms with Crippen molar-refractivity contribution in [3.8, 4) is 5.69 Å². The molecule has 1 unspecified atom stereocenters. The number of hydrogen-bond donors (Lipinski definition) is 1. The van der Waals surface area contributed by atoms with E-state index in [0.717, 1.165) is 24.1 Å². The quantitative estimate of drug-likeness (QED) is 0.582. The first-order valence-electron chi connectivity index (χ1n) is 9.59. The van der Waals surface area contributed by atoms with E-state index in [1.54, 1.807) is 11.0 Å². The van der Waals surface area contributed by atoms with Gasteiger partial charge in [-0.1, -0.05) is 42.5 Å². The highest BCUT2D eigenvalue weighted by molar-refractivity contribution is 5.78. The van der Waals surface area contributed by atoms with E-state index in [4.69, 9.17) is 0 Å². The second kappa shape index (κ2) is 9.80. The molecule has 28 heavy (non-hydrogen) atoms. The fraction of sp³-hybridized carbons (Fsp3) is 0.318. The Labute approximate surface area is 166 Å². The molecular formula is C22H27N5O. The van der Waals surface area contributed by atoms with Crippen molar-refractivity contribution in [2.45, 2.75) is 25.8 Å². The van der Waals surface area contributed by atoms with Crippen molar-refractivity contribution in [1.82, 2.24) is 25.0 Å². The summed E-state index contributed by atoms with van der Waals surface area (Å²) in [5.74, 6) is 0.0571. The van der Waals surface area contributed by atoms with Crippen LogP contribution in [0.3, 0.4) is 0 Å². The maximum absolute atomic E-state index is 12.2. The lowest BCUT2D eigenvalue weighted by Gasteiger charge is -2.24. The molecule has 0 saturated carbocycles. The van der Waals surface area contributed by atoms with E-state index in [2.05, 4.69) is 51.5 Å². The lowest BCUT2D eigenvalue weighted by molar-refractivity contribution is -0.122. The third-order valence-corrected chi connectivity index (χ3v) is 4.92. The molecule has 1 aromatic heterocycles. The Bertz CT molecular complexity index is 846. The van der Waals surface area contributed by atoms with Crippen molar-refractivity contribution in [3.63, 3.8) is 0 Å². The summed E-state index contributed by atoms with van der Waals surface area (Å²) in [6.07, 6.45) is 5.11. The molecule has 1 heterocycles. The minimum atomic E-state index is 0.0571. The number of likely N-dealkylation sites (N-methyl/N-ethyl adjacent to an activating group) is 1. The van der Waals surface area contributed by atoms with Gasteiger partial charge in [-0.05, 0) is 50.1 Å². The van der Waals surface area contributed by atoms with Gasteiger partial charge in [0.05, 0.1) is 12.2 Å². The van der Waals surface area contributed by atoms with Gasteiger partial charge < -0.3 is 5.32 Å². The van der Waals surface area contributed by atoms with E-state index < -0.39 is 0 Å². The zero-order chi connectivity index (χ0) is 19.8. The Morgan fingerprint density at radius 2 is 1.89 bits per heavy atom. The Balaban J connectivity index is 1.43. The van der Waals surface area contributed by atoms with Crippen molar-refractivity contribution in [1.29, 1.82) is 0 Å². The van der Waals surface area contributed by atoms with Gasteiger partial charge in [0.25, 0.3) is 0 Å². The van der Waals surface area contributed by atoms with Crippen LogP contribution in [0, 0.1) is 0 Å². The lowest BCUT2D eigenvalue weighted by atomic mass is 10.1. The Kier molecular flexibility index (Phi) is 6.92. The molecule has 1 N–H and O–H groups in total. The highest BCUT2D eigenvalue weighted by Gasteiger charge is 2.15. The minimum absolute atomic E-state index is 0.0571. The Morgan fingerprint density at radius 3 is 2.57 bits per heavy atom. The molecule has 1 amide bonds. The molecule has 0 spiro atoms. The molecule has 0 saturated heterocycles. The first-order valence-corrected chi connectivity index (χ1v) is 9.59. The number of carbonyl (C=O) groups excluding carboxylic acids is 1. The molecule has 0 radical (unpaired) electrons. The van der Waals surface area contributed by atoms with E-state index in [0.29, 0.717) is 13.1 Å². The Hall–Kier alpha value is -2.99. The number of nitrogens with zero attached hydrogens (tertiary/aromatic N) is 4.